The summed E-state index contributed by atoms with van der Waals surface area (Å²) in [6.45, 7) is 4.77. The summed E-state index contributed by atoms with van der Waals surface area (Å²) in [5, 5.41) is 0.645. The van der Waals surface area contributed by atoms with E-state index in [0.29, 0.717) is 11.0 Å². The first-order chi connectivity index (χ1) is 13.2. The zero-order valence-electron chi connectivity index (χ0n) is 15.6. The fourth-order valence-electron chi connectivity index (χ4n) is 3.65. The van der Waals surface area contributed by atoms with E-state index < -0.39 is 0 Å². The molecule has 3 aromatic rings. The zero-order valence-corrected chi connectivity index (χ0v) is 15.6. The molecule has 2 heterocycles. The number of piperazine rings is 1. The lowest BCUT2D eigenvalue weighted by Gasteiger charge is -2.36. The summed E-state index contributed by atoms with van der Waals surface area (Å²) in [4.78, 5) is 17.0. The molecule has 1 aliphatic rings. The van der Waals surface area contributed by atoms with E-state index >= 15 is 0 Å². The van der Waals surface area contributed by atoms with E-state index in [-0.39, 0.29) is 5.43 Å². The van der Waals surface area contributed by atoms with Crippen LogP contribution in [0.5, 0.6) is 5.75 Å². The molecular formula is C22H24N2O3. The number of para-hydroxylation sites is 3. The van der Waals surface area contributed by atoms with Crippen LogP contribution in [0.4, 0.5) is 5.69 Å². The quantitative estimate of drug-likeness (QED) is 0.696. The van der Waals surface area contributed by atoms with Crippen molar-refractivity contribution in [1.29, 1.82) is 0 Å². The molecule has 0 aliphatic carbocycles. The Bertz CT molecular complexity index is 974. The number of fused-ring (bicyclic) bond motifs is 1. The maximum Gasteiger partial charge on any atom is 0.192 e. The molecule has 0 spiro atoms. The Balaban J connectivity index is 1.37. The second-order valence-electron chi connectivity index (χ2n) is 6.82. The molecule has 0 atom stereocenters. The van der Waals surface area contributed by atoms with Crippen LogP contribution >= 0.6 is 0 Å². The molecule has 1 saturated heterocycles. The molecule has 0 N–H and O–H groups in total. The first kappa shape index (κ1) is 17.6. The van der Waals surface area contributed by atoms with E-state index in [2.05, 4.69) is 15.9 Å². The summed E-state index contributed by atoms with van der Waals surface area (Å²) in [5.74, 6) is 1.68. The number of methoxy groups -OCH3 is 1. The van der Waals surface area contributed by atoms with Crippen molar-refractivity contribution in [2.45, 2.75) is 6.42 Å². The Hall–Kier alpha value is -2.79. The minimum absolute atomic E-state index is 0.0350. The third-order valence-corrected chi connectivity index (χ3v) is 5.16. The molecule has 1 aliphatic heterocycles. The van der Waals surface area contributed by atoms with Crippen molar-refractivity contribution in [3.8, 4) is 5.75 Å². The Morgan fingerprint density at radius 1 is 1.00 bits per heavy atom. The minimum atomic E-state index is 0.0350. The van der Waals surface area contributed by atoms with Crippen LogP contribution in [0.25, 0.3) is 11.0 Å². The Morgan fingerprint density at radius 2 is 1.74 bits per heavy atom. The van der Waals surface area contributed by atoms with Crippen molar-refractivity contribution in [3.05, 3.63) is 70.6 Å². The van der Waals surface area contributed by atoms with Gasteiger partial charge in [-0.15, -0.1) is 0 Å². The van der Waals surface area contributed by atoms with Crippen molar-refractivity contribution in [1.82, 2.24) is 4.90 Å². The summed E-state index contributed by atoms with van der Waals surface area (Å²) < 4.78 is 11.4. The van der Waals surface area contributed by atoms with Gasteiger partial charge < -0.3 is 14.1 Å². The van der Waals surface area contributed by atoms with Gasteiger partial charge in [0.15, 0.2) is 5.43 Å². The Labute approximate surface area is 158 Å². The average molecular weight is 364 g/mol. The van der Waals surface area contributed by atoms with Crippen molar-refractivity contribution in [2.75, 3.05) is 44.7 Å². The van der Waals surface area contributed by atoms with Crippen LogP contribution in [0.3, 0.4) is 0 Å². The molecular weight excluding hydrogens is 340 g/mol. The molecule has 5 nitrogen and oxygen atoms in total. The predicted molar refractivity (Wildman–Crippen MR) is 108 cm³/mol. The minimum Gasteiger partial charge on any atom is -0.495 e. The van der Waals surface area contributed by atoms with E-state index in [1.807, 2.05) is 42.5 Å². The molecule has 0 bridgehead atoms. The molecule has 140 valence electrons. The number of rotatable bonds is 5. The number of hydrogen-bond acceptors (Lipinski definition) is 5. The van der Waals surface area contributed by atoms with Gasteiger partial charge in [0.1, 0.15) is 17.1 Å². The van der Waals surface area contributed by atoms with Crippen molar-refractivity contribution in [3.63, 3.8) is 0 Å². The van der Waals surface area contributed by atoms with Crippen LogP contribution in [-0.2, 0) is 6.42 Å². The van der Waals surface area contributed by atoms with E-state index in [1.165, 1.54) is 0 Å². The lowest BCUT2D eigenvalue weighted by atomic mass is 10.2. The van der Waals surface area contributed by atoms with Gasteiger partial charge in [-0.1, -0.05) is 24.3 Å². The normalized spacial score (nSPS) is 15.2. The first-order valence-corrected chi connectivity index (χ1v) is 9.37. The largest absolute Gasteiger partial charge is 0.495 e. The van der Waals surface area contributed by atoms with Crippen LogP contribution < -0.4 is 15.1 Å². The van der Waals surface area contributed by atoms with E-state index in [1.54, 1.807) is 13.2 Å². The van der Waals surface area contributed by atoms with Gasteiger partial charge in [-0.05, 0) is 24.3 Å². The maximum absolute atomic E-state index is 12.2. The molecule has 2 aromatic carbocycles. The first-order valence-electron chi connectivity index (χ1n) is 9.37. The fraction of sp³-hybridized carbons (Fsp3) is 0.318. The third kappa shape index (κ3) is 3.83. The molecule has 4 rings (SSSR count). The highest BCUT2D eigenvalue weighted by atomic mass is 16.5. The molecule has 1 fully saturated rings. The smallest absolute Gasteiger partial charge is 0.192 e. The molecule has 0 amide bonds. The Morgan fingerprint density at radius 3 is 2.56 bits per heavy atom. The second kappa shape index (κ2) is 7.84. The SMILES string of the molecule is COc1ccccc1N1CCN(CCc2cc(=O)c3ccccc3o2)CC1. The monoisotopic (exact) mass is 364 g/mol. The molecule has 0 radical (unpaired) electrons. The Kier molecular flexibility index (Phi) is 5.12. The highest BCUT2D eigenvalue weighted by Gasteiger charge is 2.19. The van der Waals surface area contributed by atoms with Crippen molar-refractivity contribution >= 4 is 16.7 Å². The summed E-state index contributed by atoms with van der Waals surface area (Å²) in [7, 11) is 1.71. The molecule has 0 unspecified atom stereocenters. The number of nitrogens with zero attached hydrogens (tertiary/aromatic N) is 2. The highest BCUT2D eigenvalue weighted by molar-refractivity contribution is 5.76. The van der Waals surface area contributed by atoms with Gasteiger partial charge in [0.25, 0.3) is 0 Å². The second-order valence-corrected chi connectivity index (χ2v) is 6.82. The third-order valence-electron chi connectivity index (χ3n) is 5.16. The standard InChI is InChI=1S/C22H24N2O3/c1-26-22-9-5-3-7-19(22)24-14-12-23(13-15-24)11-10-17-16-20(25)18-6-2-4-8-21(18)27-17/h2-9,16H,10-15H2,1H3. The van der Waals surface area contributed by atoms with Crippen LogP contribution in [0.15, 0.2) is 63.8 Å². The molecule has 27 heavy (non-hydrogen) atoms. The fourth-order valence-corrected chi connectivity index (χ4v) is 3.65. The summed E-state index contributed by atoms with van der Waals surface area (Å²) in [5.41, 5.74) is 1.86. The maximum atomic E-state index is 12.2. The van der Waals surface area contributed by atoms with Gasteiger partial charge >= 0.3 is 0 Å². The summed E-state index contributed by atoms with van der Waals surface area (Å²) >= 11 is 0. The molecule has 0 saturated carbocycles. The summed E-state index contributed by atoms with van der Waals surface area (Å²) in [6.07, 6.45) is 0.745. The number of anilines is 1. The van der Waals surface area contributed by atoms with Gasteiger partial charge in [0.05, 0.1) is 18.2 Å². The van der Waals surface area contributed by atoms with E-state index in [0.717, 1.165) is 56.3 Å². The number of benzene rings is 2. The van der Waals surface area contributed by atoms with Gasteiger partial charge in [-0.25, -0.2) is 0 Å². The van der Waals surface area contributed by atoms with Crippen LogP contribution in [0.2, 0.25) is 0 Å². The van der Waals surface area contributed by atoms with Gasteiger partial charge in [0.2, 0.25) is 0 Å². The van der Waals surface area contributed by atoms with Crippen LogP contribution in [-0.4, -0.2) is 44.7 Å². The van der Waals surface area contributed by atoms with E-state index in [4.69, 9.17) is 9.15 Å². The lowest BCUT2D eigenvalue weighted by Crippen LogP contribution is -2.47. The van der Waals surface area contributed by atoms with E-state index in [9.17, 15) is 4.79 Å². The molecule has 5 heteroatoms. The van der Waals surface area contributed by atoms with Crippen molar-refractivity contribution < 1.29 is 9.15 Å². The van der Waals surface area contributed by atoms with Crippen LogP contribution in [0.1, 0.15) is 5.76 Å². The van der Waals surface area contributed by atoms with Gasteiger partial charge in [-0.3, -0.25) is 9.69 Å². The summed E-state index contributed by atoms with van der Waals surface area (Å²) in [6, 6.07) is 17.2. The average Bonchev–Trinajstić information content (AvgIpc) is 2.73. The van der Waals surface area contributed by atoms with Crippen LogP contribution in [0, 0.1) is 0 Å². The lowest BCUT2D eigenvalue weighted by molar-refractivity contribution is 0.255. The topological polar surface area (TPSA) is 45.9 Å². The highest BCUT2D eigenvalue weighted by Crippen LogP contribution is 2.28. The van der Waals surface area contributed by atoms with Crippen molar-refractivity contribution in [2.24, 2.45) is 0 Å². The van der Waals surface area contributed by atoms with Gasteiger partial charge in [-0.2, -0.15) is 0 Å². The molecule has 1 aromatic heterocycles. The number of ether oxygens (including phenoxy) is 1. The zero-order chi connectivity index (χ0) is 18.6. The number of hydrogen-bond donors (Lipinski definition) is 0. The van der Waals surface area contributed by atoms with Gasteiger partial charge in [0, 0.05) is 45.2 Å². The predicted octanol–water partition coefficient (Wildman–Crippen LogP) is 3.17.